The van der Waals surface area contributed by atoms with Crippen molar-refractivity contribution in [1.82, 2.24) is 5.01 Å². The molecule has 0 saturated carbocycles. The third kappa shape index (κ3) is 3.24. The maximum Gasteiger partial charge on any atom is 0.438 e. The van der Waals surface area contributed by atoms with Gasteiger partial charge in [0.25, 0.3) is 11.6 Å². The molecule has 0 spiro atoms. The van der Waals surface area contributed by atoms with E-state index in [1.165, 1.54) is 36.4 Å². The Morgan fingerprint density at radius 2 is 1.69 bits per heavy atom. The number of hydrogen-bond acceptors (Lipinski definition) is 3. The first-order chi connectivity index (χ1) is 12.1. The number of benzene rings is 2. The van der Waals surface area contributed by atoms with Crippen LogP contribution in [0.5, 0.6) is 0 Å². The molecule has 1 amide bonds. The standard InChI is InChI=1S/C17H11BrF4N2O2/c18-12-5-1-11(2-6-12)15(25)24-16(26,17(20,21)22)9-14(23-24)10-3-7-13(19)8-4-10/h1-8,26H,9H2/t16-/m1/s1. The number of carbonyl (C=O) groups excluding carboxylic acids is 1. The second kappa shape index (κ2) is 6.48. The van der Waals surface area contributed by atoms with Gasteiger partial charge in [0.05, 0.1) is 12.1 Å². The van der Waals surface area contributed by atoms with E-state index in [4.69, 9.17) is 0 Å². The molecule has 4 nitrogen and oxygen atoms in total. The van der Waals surface area contributed by atoms with Crippen LogP contribution in [0.3, 0.4) is 0 Å². The molecule has 1 heterocycles. The number of aliphatic hydroxyl groups is 1. The normalized spacial score (nSPS) is 20.2. The van der Waals surface area contributed by atoms with Crippen molar-refractivity contribution in [3.8, 4) is 0 Å². The second-order valence-electron chi connectivity index (χ2n) is 5.67. The molecule has 3 rings (SSSR count). The van der Waals surface area contributed by atoms with Gasteiger partial charge >= 0.3 is 6.18 Å². The van der Waals surface area contributed by atoms with Crippen LogP contribution in [-0.4, -0.2) is 33.6 Å². The molecule has 136 valence electrons. The van der Waals surface area contributed by atoms with Gasteiger partial charge in [-0.1, -0.05) is 28.1 Å². The van der Waals surface area contributed by atoms with Gasteiger partial charge in [0, 0.05) is 10.0 Å². The molecule has 1 atom stereocenters. The summed E-state index contributed by atoms with van der Waals surface area (Å²) in [5.74, 6) is -1.67. The van der Waals surface area contributed by atoms with Crippen molar-refractivity contribution in [2.45, 2.75) is 18.3 Å². The Morgan fingerprint density at radius 1 is 1.12 bits per heavy atom. The van der Waals surface area contributed by atoms with Gasteiger partial charge in [-0.3, -0.25) is 4.79 Å². The largest absolute Gasteiger partial charge is 0.438 e. The van der Waals surface area contributed by atoms with Crippen LogP contribution in [-0.2, 0) is 0 Å². The first-order valence-electron chi connectivity index (χ1n) is 7.34. The topological polar surface area (TPSA) is 52.9 Å². The maximum atomic E-state index is 13.5. The summed E-state index contributed by atoms with van der Waals surface area (Å²) in [5.41, 5.74) is -3.55. The predicted octanol–water partition coefficient (Wildman–Crippen LogP) is 4.09. The first-order valence-corrected chi connectivity index (χ1v) is 8.14. The summed E-state index contributed by atoms with van der Waals surface area (Å²) >= 11 is 3.17. The third-order valence-electron chi connectivity index (χ3n) is 3.90. The van der Waals surface area contributed by atoms with Crippen LogP contribution in [0.2, 0.25) is 0 Å². The van der Waals surface area contributed by atoms with Crippen molar-refractivity contribution in [3.63, 3.8) is 0 Å². The average molecular weight is 431 g/mol. The highest BCUT2D eigenvalue weighted by Gasteiger charge is 2.63. The Labute approximate surface area is 153 Å². The minimum absolute atomic E-state index is 0.0366. The van der Waals surface area contributed by atoms with E-state index in [1.807, 2.05) is 0 Å². The Balaban J connectivity index is 2.03. The summed E-state index contributed by atoms with van der Waals surface area (Å²) in [4.78, 5) is 12.5. The number of hydrogen-bond donors (Lipinski definition) is 1. The number of nitrogens with zero attached hydrogens (tertiary/aromatic N) is 2. The molecule has 1 aliphatic rings. The van der Waals surface area contributed by atoms with Crippen molar-refractivity contribution in [2.75, 3.05) is 0 Å². The Morgan fingerprint density at radius 3 is 2.23 bits per heavy atom. The fraction of sp³-hybridized carbons (Fsp3) is 0.176. The van der Waals surface area contributed by atoms with Gasteiger partial charge in [0.15, 0.2) is 0 Å². The predicted molar refractivity (Wildman–Crippen MR) is 88.9 cm³/mol. The van der Waals surface area contributed by atoms with Crippen molar-refractivity contribution >= 4 is 27.5 Å². The summed E-state index contributed by atoms with van der Waals surface area (Å²) in [6.45, 7) is 0. The molecule has 0 radical (unpaired) electrons. The molecule has 0 bridgehead atoms. The van der Waals surface area contributed by atoms with E-state index < -0.39 is 30.0 Å². The van der Waals surface area contributed by atoms with Gasteiger partial charge < -0.3 is 5.11 Å². The Bertz CT molecular complexity index is 866. The van der Waals surface area contributed by atoms with E-state index >= 15 is 0 Å². The first kappa shape index (κ1) is 18.5. The zero-order valence-electron chi connectivity index (χ0n) is 13.0. The minimum Gasteiger partial charge on any atom is -0.362 e. The number of carbonyl (C=O) groups is 1. The smallest absolute Gasteiger partial charge is 0.362 e. The average Bonchev–Trinajstić information content (AvgIpc) is 2.94. The molecule has 1 aliphatic heterocycles. The number of amides is 1. The molecule has 1 N–H and O–H groups in total. The Kier molecular flexibility index (Phi) is 4.61. The van der Waals surface area contributed by atoms with Crippen molar-refractivity contribution in [3.05, 3.63) is 69.9 Å². The van der Waals surface area contributed by atoms with Crippen LogP contribution in [0.25, 0.3) is 0 Å². The summed E-state index contributed by atoms with van der Waals surface area (Å²) in [6, 6.07) is 10.2. The summed E-state index contributed by atoms with van der Waals surface area (Å²) in [7, 11) is 0. The molecule has 26 heavy (non-hydrogen) atoms. The second-order valence-corrected chi connectivity index (χ2v) is 6.58. The van der Waals surface area contributed by atoms with Crippen molar-refractivity contribution in [1.29, 1.82) is 0 Å². The van der Waals surface area contributed by atoms with Gasteiger partial charge in [-0.25, -0.2) is 4.39 Å². The van der Waals surface area contributed by atoms with Crippen LogP contribution >= 0.6 is 15.9 Å². The number of halogens is 5. The summed E-state index contributed by atoms with van der Waals surface area (Å²) in [6.07, 6.45) is -6.09. The molecule has 0 aliphatic carbocycles. The van der Waals surface area contributed by atoms with Crippen molar-refractivity contribution < 1.29 is 27.5 Å². The summed E-state index contributed by atoms with van der Waals surface area (Å²) in [5, 5.41) is 14.0. The molecule has 9 heteroatoms. The third-order valence-corrected chi connectivity index (χ3v) is 4.43. The molecule has 2 aromatic carbocycles. The van der Waals surface area contributed by atoms with E-state index in [1.54, 1.807) is 0 Å². The highest BCUT2D eigenvalue weighted by molar-refractivity contribution is 9.10. The zero-order chi connectivity index (χ0) is 19.1. The van der Waals surface area contributed by atoms with Crippen LogP contribution < -0.4 is 0 Å². The van der Waals surface area contributed by atoms with E-state index in [9.17, 15) is 27.5 Å². The molecule has 0 fully saturated rings. The van der Waals surface area contributed by atoms with E-state index in [-0.39, 0.29) is 21.8 Å². The fourth-order valence-corrected chi connectivity index (χ4v) is 2.76. The molecular formula is C17H11BrF4N2O2. The number of hydrazone groups is 1. The van der Waals surface area contributed by atoms with Gasteiger partial charge in [-0.2, -0.15) is 23.3 Å². The minimum atomic E-state index is -5.14. The van der Waals surface area contributed by atoms with Gasteiger partial charge in [0.2, 0.25) is 0 Å². The maximum absolute atomic E-state index is 13.5. The van der Waals surface area contributed by atoms with Gasteiger partial charge in [-0.15, -0.1) is 0 Å². The lowest BCUT2D eigenvalue weighted by atomic mass is 10.0. The highest BCUT2D eigenvalue weighted by atomic mass is 79.9. The lowest BCUT2D eigenvalue weighted by Crippen LogP contribution is -2.56. The molecule has 2 aromatic rings. The number of rotatable bonds is 2. The van der Waals surface area contributed by atoms with Crippen LogP contribution in [0.1, 0.15) is 22.3 Å². The molecule has 0 aromatic heterocycles. The molecule has 0 unspecified atom stereocenters. The van der Waals surface area contributed by atoms with Crippen LogP contribution in [0.4, 0.5) is 17.6 Å². The molecule has 0 saturated heterocycles. The van der Waals surface area contributed by atoms with E-state index in [0.29, 0.717) is 4.47 Å². The van der Waals surface area contributed by atoms with Crippen molar-refractivity contribution in [2.24, 2.45) is 5.10 Å². The fourth-order valence-electron chi connectivity index (χ4n) is 2.50. The van der Waals surface area contributed by atoms with Gasteiger partial charge in [0.1, 0.15) is 5.82 Å². The Hall–Kier alpha value is -2.26. The quantitative estimate of drug-likeness (QED) is 0.729. The lowest BCUT2D eigenvalue weighted by molar-refractivity contribution is -0.297. The molecular weight excluding hydrogens is 420 g/mol. The highest BCUT2D eigenvalue weighted by Crippen LogP contribution is 2.42. The van der Waals surface area contributed by atoms with E-state index in [0.717, 1.165) is 12.1 Å². The van der Waals surface area contributed by atoms with Crippen LogP contribution in [0, 0.1) is 5.82 Å². The monoisotopic (exact) mass is 430 g/mol. The SMILES string of the molecule is O=C(c1ccc(Br)cc1)N1N=C(c2ccc(F)cc2)C[C@@]1(O)C(F)(F)F. The van der Waals surface area contributed by atoms with Gasteiger partial charge in [-0.05, 0) is 42.0 Å². The lowest BCUT2D eigenvalue weighted by Gasteiger charge is -2.32. The van der Waals surface area contributed by atoms with Crippen LogP contribution in [0.15, 0.2) is 58.1 Å². The number of alkyl halides is 3. The van der Waals surface area contributed by atoms with E-state index in [2.05, 4.69) is 21.0 Å². The summed E-state index contributed by atoms with van der Waals surface area (Å²) < 4.78 is 54.2. The zero-order valence-corrected chi connectivity index (χ0v) is 14.6.